The number of carbonyl (C=O) groups is 1. The van der Waals surface area contributed by atoms with Crippen molar-refractivity contribution in [3.8, 4) is 0 Å². The first-order valence-corrected chi connectivity index (χ1v) is 6.61. The van der Waals surface area contributed by atoms with Crippen LogP contribution >= 0.6 is 0 Å². The Morgan fingerprint density at radius 3 is 2.86 bits per heavy atom. The summed E-state index contributed by atoms with van der Waals surface area (Å²) in [6.45, 7) is 1.42. The van der Waals surface area contributed by atoms with Gasteiger partial charge in [-0.25, -0.2) is 14.3 Å². The zero-order valence-corrected chi connectivity index (χ0v) is 11.1. The number of fused-ring (bicyclic) bond motifs is 2. The molecule has 0 spiro atoms. The van der Waals surface area contributed by atoms with Crippen LogP contribution in [0.2, 0.25) is 0 Å². The van der Waals surface area contributed by atoms with Crippen molar-refractivity contribution in [1.29, 1.82) is 0 Å². The van der Waals surface area contributed by atoms with Crippen LogP contribution in [0.4, 0.5) is 5.82 Å². The molecule has 1 aliphatic heterocycles. The van der Waals surface area contributed by atoms with E-state index in [2.05, 4.69) is 15.0 Å². The number of benzene rings is 1. The van der Waals surface area contributed by atoms with E-state index in [9.17, 15) is 4.79 Å². The molecule has 0 unspecified atom stereocenters. The highest BCUT2D eigenvalue weighted by Gasteiger charge is 2.21. The second-order valence-electron chi connectivity index (χ2n) is 5.06. The molecule has 0 saturated carbocycles. The molecule has 104 valence electrons. The van der Waals surface area contributed by atoms with Crippen molar-refractivity contribution < 1.29 is 9.90 Å². The molecular formula is C15H12N4O2. The third-order valence-corrected chi connectivity index (χ3v) is 3.74. The first-order valence-electron chi connectivity index (χ1n) is 6.61. The quantitative estimate of drug-likeness (QED) is 0.777. The molecule has 6 nitrogen and oxygen atoms in total. The Kier molecular flexibility index (Phi) is 2.44. The zero-order valence-electron chi connectivity index (χ0n) is 11.1. The molecule has 0 saturated heterocycles. The van der Waals surface area contributed by atoms with Gasteiger partial charge in [-0.2, -0.15) is 5.10 Å². The van der Waals surface area contributed by atoms with Gasteiger partial charge < -0.3 is 10.0 Å². The summed E-state index contributed by atoms with van der Waals surface area (Å²) >= 11 is 0. The predicted octanol–water partition coefficient (Wildman–Crippen LogP) is 1.95. The third kappa shape index (κ3) is 1.92. The largest absolute Gasteiger partial charge is 0.478 e. The standard InChI is InChI=1S/C15H12N4O2/c20-15(21)10-1-2-11-8-18(9-12(11)7-10)13-4-6-19-14(17-13)3-5-16-19/h1-7H,8-9H2,(H,20,21). The molecule has 6 heteroatoms. The maximum atomic E-state index is 11.0. The number of carboxylic acids is 1. The van der Waals surface area contributed by atoms with Gasteiger partial charge in [0.25, 0.3) is 0 Å². The number of nitrogens with zero attached hydrogens (tertiary/aromatic N) is 4. The summed E-state index contributed by atoms with van der Waals surface area (Å²) in [5.41, 5.74) is 3.32. The van der Waals surface area contributed by atoms with Crippen LogP contribution in [-0.4, -0.2) is 25.7 Å². The van der Waals surface area contributed by atoms with Crippen LogP contribution in [0.25, 0.3) is 5.65 Å². The second kappa shape index (κ2) is 4.31. The number of hydrogen-bond donors (Lipinski definition) is 1. The lowest BCUT2D eigenvalue weighted by Gasteiger charge is -2.16. The first-order chi connectivity index (χ1) is 10.2. The summed E-state index contributed by atoms with van der Waals surface area (Å²) in [6.07, 6.45) is 3.59. The maximum Gasteiger partial charge on any atom is 0.335 e. The van der Waals surface area contributed by atoms with Gasteiger partial charge in [0.15, 0.2) is 5.65 Å². The molecule has 3 aromatic rings. The summed E-state index contributed by atoms with van der Waals surface area (Å²) in [7, 11) is 0. The number of aromatic carboxylic acids is 1. The van der Waals surface area contributed by atoms with Gasteiger partial charge in [0.1, 0.15) is 5.82 Å². The number of hydrogen-bond acceptors (Lipinski definition) is 4. The average molecular weight is 280 g/mol. The SMILES string of the molecule is O=C(O)c1ccc2c(c1)CN(c1ccn3nccc3n1)C2. The van der Waals surface area contributed by atoms with Crippen LogP contribution in [-0.2, 0) is 13.1 Å². The van der Waals surface area contributed by atoms with Crippen LogP contribution in [0.15, 0.2) is 42.7 Å². The number of anilines is 1. The second-order valence-corrected chi connectivity index (χ2v) is 5.06. The maximum absolute atomic E-state index is 11.0. The van der Waals surface area contributed by atoms with Crippen molar-refractivity contribution in [2.45, 2.75) is 13.1 Å². The van der Waals surface area contributed by atoms with Gasteiger partial charge >= 0.3 is 5.97 Å². The molecule has 0 amide bonds. The number of carboxylic acid groups (broad SMARTS) is 1. The highest BCUT2D eigenvalue weighted by atomic mass is 16.4. The van der Waals surface area contributed by atoms with Gasteiger partial charge in [0.05, 0.1) is 11.8 Å². The van der Waals surface area contributed by atoms with E-state index >= 15 is 0 Å². The van der Waals surface area contributed by atoms with Crippen LogP contribution in [0.5, 0.6) is 0 Å². The van der Waals surface area contributed by atoms with Gasteiger partial charge in [0.2, 0.25) is 0 Å². The Morgan fingerprint density at radius 2 is 2.00 bits per heavy atom. The Bertz CT molecular complexity index is 856. The Hall–Kier alpha value is -2.89. The molecule has 0 atom stereocenters. The lowest BCUT2D eigenvalue weighted by molar-refractivity contribution is 0.0697. The number of aromatic nitrogens is 3. The van der Waals surface area contributed by atoms with Crippen molar-refractivity contribution in [2.24, 2.45) is 0 Å². The van der Waals surface area contributed by atoms with Crippen molar-refractivity contribution in [3.63, 3.8) is 0 Å². The van der Waals surface area contributed by atoms with E-state index in [4.69, 9.17) is 5.11 Å². The molecule has 0 radical (unpaired) electrons. The molecule has 1 aromatic carbocycles. The van der Waals surface area contributed by atoms with Gasteiger partial charge in [-0.1, -0.05) is 6.07 Å². The predicted molar refractivity (Wildman–Crippen MR) is 76.3 cm³/mol. The molecule has 21 heavy (non-hydrogen) atoms. The Balaban J connectivity index is 1.67. The van der Waals surface area contributed by atoms with Gasteiger partial charge in [-0.15, -0.1) is 0 Å². The van der Waals surface area contributed by atoms with Gasteiger partial charge in [0, 0.05) is 25.4 Å². The fraction of sp³-hybridized carbons (Fsp3) is 0.133. The van der Waals surface area contributed by atoms with E-state index in [-0.39, 0.29) is 0 Å². The zero-order chi connectivity index (χ0) is 14.4. The summed E-state index contributed by atoms with van der Waals surface area (Å²) in [4.78, 5) is 17.7. The van der Waals surface area contributed by atoms with E-state index in [1.165, 1.54) is 0 Å². The highest BCUT2D eigenvalue weighted by molar-refractivity contribution is 5.88. The van der Waals surface area contributed by atoms with E-state index in [0.29, 0.717) is 12.1 Å². The number of rotatable bonds is 2. The minimum atomic E-state index is -0.893. The molecular weight excluding hydrogens is 268 g/mol. The van der Waals surface area contributed by atoms with E-state index in [1.54, 1.807) is 22.8 Å². The Morgan fingerprint density at radius 1 is 1.14 bits per heavy atom. The van der Waals surface area contributed by atoms with Crippen molar-refractivity contribution in [1.82, 2.24) is 14.6 Å². The summed E-state index contributed by atoms with van der Waals surface area (Å²) in [5, 5.41) is 13.2. The van der Waals surface area contributed by atoms with Crippen LogP contribution in [0.3, 0.4) is 0 Å². The molecule has 0 fully saturated rings. The minimum Gasteiger partial charge on any atom is -0.478 e. The topological polar surface area (TPSA) is 70.7 Å². The summed E-state index contributed by atoms with van der Waals surface area (Å²) in [6, 6.07) is 9.06. The first kappa shape index (κ1) is 11.9. The van der Waals surface area contributed by atoms with E-state index < -0.39 is 5.97 Å². The molecule has 4 rings (SSSR count). The minimum absolute atomic E-state index is 0.329. The van der Waals surface area contributed by atoms with Crippen LogP contribution in [0.1, 0.15) is 21.5 Å². The van der Waals surface area contributed by atoms with E-state index in [1.807, 2.05) is 24.4 Å². The van der Waals surface area contributed by atoms with Crippen molar-refractivity contribution in [3.05, 3.63) is 59.4 Å². The molecule has 3 heterocycles. The fourth-order valence-corrected chi connectivity index (χ4v) is 2.67. The Labute approximate surface area is 120 Å². The fourth-order valence-electron chi connectivity index (χ4n) is 2.67. The normalized spacial score (nSPS) is 13.6. The van der Waals surface area contributed by atoms with Gasteiger partial charge in [-0.3, -0.25) is 0 Å². The van der Waals surface area contributed by atoms with Crippen molar-refractivity contribution >= 4 is 17.4 Å². The lowest BCUT2D eigenvalue weighted by Crippen LogP contribution is -2.16. The lowest BCUT2D eigenvalue weighted by atomic mass is 10.1. The third-order valence-electron chi connectivity index (χ3n) is 3.74. The summed E-state index contributed by atoms with van der Waals surface area (Å²) < 4.78 is 1.72. The monoisotopic (exact) mass is 280 g/mol. The molecule has 0 aliphatic carbocycles. The average Bonchev–Trinajstić information content (AvgIpc) is 3.11. The van der Waals surface area contributed by atoms with Crippen LogP contribution < -0.4 is 4.90 Å². The summed E-state index contributed by atoms with van der Waals surface area (Å²) in [5.74, 6) is -0.0221. The van der Waals surface area contributed by atoms with Gasteiger partial charge in [-0.05, 0) is 29.3 Å². The molecule has 0 bridgehead atoms. The smallest absolute Gasteiger partial charge is 0.335 e. The van der Waals surface area contributed by atoms with Crippen molar-refractivity contribution in [2.75, 3.05) is 4.90 Å². The molecule has 1 aliphatic rings. The highest BCUT2D eigenvalue weighted by Crippen LogP contribution is 2.27. The van der Waals surface area contributed by atoms with E-state index in [0.717, 1.165) is 29.1 Å². The van der Waals surface area contributed by atoms with Crippen LogP contribution in [0, 0.1) is 0 Å². The molecule has 1 N–H and O–H groups in total. The molecule has 2 aromatic heterocycles.